The van der Waals surface area contributed by atoms with Gasteiger partial charge >= 0.3 is 0 Å². The molecule has 2 aromatic heterocycles. The van der Waals surface area contributed by atoms with Gasteiger partial charge in [0.2, 0.25) is 11.8 Å². The fraction of sp³-hybridized carbons (Fsp3) is 0.143. The van der Waals surface area contributed by atoms with Crippen LogP contribution < -0.4 is 10.6 Å². The monoisotopic (exact) mass is 543 g/mol. The third kappa shape index (κ3) is 6.42. The van der Waals surface area contributed by atoms with E-state index < -0.39 is 11.9 Å². The van der Waals surface area contributed by atoms with Crippen LogP contribution in [0.5, 0.6) is 0 Å². The molecule has 3 heterocycles. The minimum absolute atomic E-state index is 0.211. The number of hydrogen-bond acceptors (Lipinski definition) is 6. The second kappa shape index (κ2) is 11.8. The molecule has 0 fully saturated rings. The smallest absolute Gasteiger partial charge is 0.244 e. The number of tetrazole rings is 1. The number of amides is 2. The van der Waals surface area contributed by atoms with Gasteiger partial charge in [-0.15, -0.1) is 5.10 Å². The van der Waals surface area contributed by atoms with E-state index in [1.165, 1.54) is 29.2 Å². The van der Waals surface area contributed by atoms with Crippen molar-refractivity contribution in [2.45, 2.75) is 25.3 Å². The Morgan fingerprint density at radius 1 is 1.15 bits per heavy atom. The Morgan fingerprint density at radius 3 is 2.90 bits per heavy atom. The minimum Gasteiger partial charge on any atom is -0.344 e. The summed E-state index contributed by atoms with van der Waals surface area (Å²) in [5, 5.41) is 17.6. The number of nitrogens with zero attached hydrogens (tertiary/aromatic N) is 5. The number of hydrogen-bond donors (Lipinski definition) is 2. The summed E-state index contributed by atoms with van der Waals surface area (Å²) in [5.41, 5.74) is 3.70. The highest BCUT2D eigenvalue weighted by molar-refractivity contribution is 6.30. The number of rotatable bonds is 4. The maximum absolute atomic E-state index is 14.0. The first-order valence-corrected chi connectivity index (χ1v) is 12.6. The van der Waals surface area contributed by atoms with Gasteiger partial charge in [-0.2, -0.15) is 4.68 Å². The number of halogens is 2. The van der Waals surface area contributed by atoms with E-state index >= 15 is 0 Å². The van der Waals surface area contributed by atoms with Crippen LogP contribution in [0.1, 0.15) is 36.6 Å². The molecule has 2 aromatic carbocycles. The summed E-state index contributed by atoms with van der Waals surface area (Å²) in [7, 11) is 0. The Kier molecular flexibility index (Phi) is 7.83. The highest BCUT2D eigenvalue weighted by atomic mass is 35.5. The van der Waals surface area contributed by atoms with Crippen LogP contribution in [-0.4, -0.2) is 37.0 Å². The normalized spacial score (nSPS) is 15.5. The van der Waals surface area contributed by atoms with E-state index in [9.17, 15) is 14.0 Å². The van der Waals surface area contributed by atoms with E-state index in [1.807, 2.05) is 18.2 Å². The molecule has 0 spiro atoms. The summed E-state index contributed by atoms with van der Waals surface area (Å²) in [5.74, 6) is -1.00. The molecule has 0 saturated heterocycles. The van der Waals surface area contributed by atoms with E-state index in [-0.39, 0.29) is 18.2 Å². The van der Waals surface area contributed by atoms with Crippen molar-refractivity contribution in [2.75, 3.05) is 5.32 Å². The second-order valence-electron chi connectivity index (χ2n) is 8.81. The van der Waals surface area contributed by atoms with Crippen LogP contribution in [0.2, 0.25) is 5.02 Å². The largest absolute Gasteiger partial charge is 0.344 e. The van der Waals surface area contributed by atoms with Crippen LogP contribution in [-0.2, 0) is 9.59 Å². The molecule has 1 aliphatic heterocycles. The molecule has 4 aromatic rings. The molecule has 1 unspecified atom stereocenters. The van der Waals surface area contributed by atoms with Gasteiger partial charge in [0, 0.05) is 34.8 Å². The van der Waals surface area contributed by atoms with Gasteiger partial charge in [0.25, 0.3) is 0 Å². The van der Waals surface area contributed by atoms with Crippen molar-refractivity contribution in [3.8, 4) is 16.8 Å². The highest BCUT2D eigenvalue weighted by Crippen LogP contribution is 2.31. The first-order chi connectivity index (χ1) is 19.0. The van der Waals surface area contributed by atoms with E-state index in [2.05, 4.69) is 31.1 Å². The van der Waals surface area contributed by atoms with Gasteiger partial charge in [0.1, 0.15) is 12.1 Å². The molecule has 196 valence electrons. The molecular formula is C28H23ClFN7O2. The fourth-order valence-electron chi connectivity index (χ4n) is 4.23. The van der Waals surface area contributed by atoms with Crippen molar-refractivity contribution in [2.24, 2.45) is 0 Å². The average Bonchev–Trinajstić information content (AvgIpc) is 3.46. The lowest BCUT2D eigenvalue weighted by Crippen LogP contribution is -2.27. The van der Waals surface area contributed by atoms with Crippen molar-refractivity contribution in [3.63, 3.8) is 0 Å². The Balaban J connectivity index is 1.43. The number of carbonyl (C=O) groups excluding carboxylic acids is 2. The van der Waals surface area contributed by atoms with Crippen LogP contribution in [0.15, 0.2) is 79.3 Å². The van der Waals surface area contributed by atoms with E-state index in [0.717, 1.165) is 5.56 Å². The van der Waals surface area contributed by atoms with E-state index in [4.69, 9.17) is 11.6 Å². The molecular weight excluding hydrogens is 521 g/mol. The molecule has 1 atom stereocenters. The van der Waals surface area contributed by atoms with Gasteiger partial charge < -0.3 is 10.6 Å². The van der Waals surface area contributed by atoms with Gasteiger partial charge in [-0.25, -0.2) is 4.39 Å². The molecule has 5 rings (SSSR count). The lowest BCUT2D eigenvalue weighted by atomic mass is 10.0. The van der Waals surface area contributed by atoms with Gasteiger partial charge in [0.15, 0.2) is 0 Å². The molecule has 2 N–H and O–H groups in total. The number of carbonyl (C=O) groups is 2. The lowest BCUT2D eigenvalue weighted by Gasteiger charge is -2.17. The summed E-state index contributed by atoms with van der Waals surface area (Å²) in [4.78, 5) is 30.0. The van der Waals surface area contributed by atoms with Gasteiger partial charge in [0.05, 0.1) is 23.1 Å². The van der Waals surface area contributed by atoms with Crippen LogP contribution in [0, 0.1) is 5.82 Å². The second-order valence-corrected chi connectivity index (χ2v) is 9.24. The number of anilines is 1. The zero-order valence-electron chi connectivity index (χ0n) is 20.6. The first kappa shape index (κ1) is 25.9. The Labute approximate surface area is 228 Å². The average molecular weight is 544 g/mol. The van der Waals surface area contributed by atoms with Gasteiger partial charge in [-0.3, -0.25) is 14.6 Å². The van der Waals surface area contributed by atoms with Crippen LogP contribution >= 0.6 is 11.6 Å². The standard InChI is InChI=1S/C28H23ClFN7O2/c29-20-7-10-26(37-17-32-35-36-37)19(14-20)6-11-28(39)33-23-4-2-1-3-5-27(38)34-24-16-21(30)8-9-22(24)18-12-13-31-25(23)15-18/h1-2,6-17,23H,3-5H2,(H,33,39)(H,34,38). The van der Waals surface area contributed by atoms with Gasteiger partial charge in [-0.1, -0.05) is 23.8 Å². The molecule has 2 amide bonds. The minimum atomic E-state index is -0.454. The SMILES string of the molecule is O=C(C=Cc1cc(Cl)ccc1-n1cnnn1)NC1CC=CCCC(=O)Nc2cc(F)ccc2-c2ccnc1c2. The van der Waals surface area contributed by atoms with Crippen molar-refractivity contribution in [1.29, 1.82) is 0 Å². The number of nitrogens with one attached hydrogen (secondary N) is 2. The Hall–Kier alpha value is -4.70. The Morgan fingerprint density at radius 2 is 2.05 bits per heavy atom. The third-order valence-corrected chi connectivity index (χ3v) is 6.33. The van der Waals surface area contributed by atoms with Crippen molar-refractivity contribution < 1.29 is 14.0 Å². The molecule has 39 heavy (non-hydrogen) atoms. The molecule has 9 nitrogen and oxygen atoms in total. The number of pyridine rings is 1. The highest BCUT2D eigenvalue weighted by Gasteiger charge is 2.17. The molecule has 11 heteroatoms. The molecule has 0 aliphatic carbocycles. The van der Waals surface area contributed by atoms with Crippen molar-refractivity contribution in [3.05, 3.63) is 101 Å². The zero-order valence-corrected chi connectivity index (χ0v) is 21.3. The molecule has 0 saturated carbocycles. The maximum Gasteiger partial charge on any atom is 0.244 e. The topological polar surface area (TPSA) is 115 Å². The van der Waals surface area contributed by atoms with E-state index in [0.29, 0.717) is 46.1 Å². The van der Waals surface area contributed by atoms with Crippen molar-refractivity contribution in [1.82, 2.24) is 30.5 Å². The number of fused-ring (bicyclic) bond motifs is 4. The fourth-order valence-corrected chi connectivity index (χ4v) is 4.41. The first-order valence-electron chi connectivity index (χ1n) is 12.2. The quantitative estimate of drug-likeness (QED) is 0.274. The predicted molar refractivity (Wildman–Crippen MR) is 145 cm³/mol. The molecule has 1 aliphatic rings. The predicted octanol–water partition coefficient (Wildman–Crippen LogP) is 5.07. The Bertz CT molecular complexity index is 1570. The van der Waals surface area contributed by atoms with Crippen LogP contribution in [0.3, 0.4) is 0 Å². The van der Waals surface area contributed by atoms with Crippen LogP contribution in [0.4, 0.5) is 10.1 Å². The van der Waals surface area contributed by atoms with E-state index in [1.54, 1.807) is 42.6 Å². The summed E-state index contributed by atoms with van der Waals surface area (Å²) in [6.07, 6.45) is 11.1. The number of benzene rings is 2. The van der Waals surface area contributed by atoms with Crippen molar-refractivity contribution >= 4 is 35.2 Å². The van der Waals surface area contributed by atoms with Gasteiger partial charge in [-0.05, 0) is 83.4 Å². The summed E-state index contributed by atoms with van der Waals surface area (Å²) in [6.45, 7) is 0. The van der Waals surface area contributed by atoms with Crippen LogP contribution in [0.25, 0.3) is 22.9 Å². The third-order valence-electron chi connectivity index (χ3n) is 6.10. The lowest BCUT2D eigenvalue weighted by molar-refractivity contribution is -0.117. The molecule has 0 radical (unpaired) electrons. The number of aromatic nitrogens is 5. The summed E-state index contributed by atoms with van der Waals surface area (Å²) >= 11 is 6.18. The zero-order chi connectivity index (χ0) is 27.2. The molecule has 2 bridgehead atoms. The summed E-state index contributed by atoms with van der Waals surface area (Å²) < 4.78 is 15.5. The summed E-state index contributed by atoms with van der Waals surface area (Å²) in [6, 6.07) is 12.6. The maximum atomic E-state index is 14.0. The number of allylic oxidation sites excluding steroid dienone is 1.